The summed E-state index contributed by atoms with van der Waals surface area (Å²) in [6.45, 7) is 9.18. The molecule has 1 aromatic carbocycles. The van der Waals surface area contributed by atoms with Gasteiger partial charge in [0.1, 0.15) is 0 Å². The molecule has 152 valence electrons. The van der Waals surface area contributed by atoms with Gasteiger partial charge in [-0.05, 0) is 36.6 Å². The zero-order valence-electron chi connectivity index (χ0n) is 16.4. The highest BCUT2D eigenvalue weighted by molar-refractivity contribution is 7.99. The van der Waals surface area contributed by atoms with Crippen LogP contribution in [-0.2, 0) is 24.3 Å². The molecule has 0 radical (unpaired) electrons. The standard InChI is InChI=1S/C21H23ClN4OS2/c1-4-10-26-20(18-12-28-14(3)17(18)5-2)24-25-21(26)29-13-19(27)23-11-15-6-8-16(22)9-7-15/h4,6-9,12H,1,5,10-11,13H2,2-3H3,(H,23,27). The third-order valence-electron chi connectivity index (χ3n) is 4.46. The van der Waals surface area contributed by atoms with E-state index in [2.05, 4.69) is 41.3 Å². The van der Waals surface area contributed by atoms with Gasteiger partial charge >= 0.3 is 0 Å². The van der Waals surface area contributed by atoms with Crippen molar-refractivity contribution in [2.75, 3.05) is 5.75 Å². The Kier molecular flexibility index (Phi) is 7.52. The molecular weight excluding hydrogens is 424 g/mol. The lowest BCUT2D eigenvalue weighted by molar-refractivity contribution is -0.118. The zero-order valence-corrected chi connectivity index (χ0v) is 18.8. The number of aryl methyl sites for hydroxylation is 1. The Labute approximate surface area is 184 Å². The third kappa shape index (κ3) is 5.29. The molecule has 0 saturated heterocycles. The number of benzene rings is 1. The number of thiophene rings is 1. The van der Waals surface area contributed by atoms with E-state index < -0.39 is 0 Å². The van der Waals surface area contributed by atoms with Gasteiger partial charge in [-0.15, -0.1) is 28.1 Å². The van der Waals surface area contributed by atoms with Crippen LogP contribution in [0, 0.1) is 6.92 Å². The van der Waals surface area contributed by atoms with Crippen LogP contribution in [0.15, 0.2) is 47.5 Å². The Hall–Kier alpha value is -2.09. The second kappa shape index (κ2) is 10.1. The van der Waals surface area contributed by atoms with Gasteiger partial charge in [-0.3, -0.25) is 9.36 Å². The Balaban J connectivity index is 1.67. The number of nitrogens with one attached hydrogen (secondary N) is 1. The number of aromatic nitrogens is 3. The van der Waals surface area contributed by atoms with Crippen LogP contribution < -0.4 is 5.32 Å². The summed E-state index contributed by atoms with van der Waals surface area (Å²) in [6, 6.07) is 7.43. The van der Waals surface area contributed by atoms with E-state index in [0.29, 0.717) is 23.3 Å². The van der Waals surface area contributed by atoms with Crippen molar-refractivity contribution in [3.63, 3.8) is 0 Å². The first-order valence-corrected chi connectivity index (χ1v) is 11.5. The summed E-state index contributed by atoms with van der Waals surface area (Å²) in [7, 11) is 0. The van der Waals surface area contributed by atoms with Crippen molar-refractivity contribution in [1.29, 1.82) is 0 Å². The maximum atomic E-state index is 12.3. The van der Waals surface area contributed by atoms with E-state index in [0.717, 1.165) is 23.4 Å². The van der Waals surface area contributed by atoms with Crippen LogP contribution in [0.1, 0.15) is 22.9 Å². The highest BCUT2D eigenvalue weighted by Gasteiger charge is 2.19. The maximum Gasteiger partial charge on any atom is 0.230 e. The number of amides is 1. The predicted octanol–water partition coefficient (Wildman–Crippen LogP) is 5.13. The van der Waals surface area contributed by atoms with Crippen molar-refractivity contribution in [1.82, 2.24) is 20.1 Å². The lowest BCUT2D eigenvalue weighted by atomic mass is 10.1. The number of hydrogen-bond acceptors (Lipinski definition) is 5. The van der Waals surface area contributed by atoms with Crippen molar-refractivity contribution in [2.45, 2.75) is 38.5 Å². The SMILES string of the molecule is C=CCn1c(SCC(=O)NCc2ccc(Cl)cc2)nnc1-c1csc(C)c1CC. The normalized spacial score (nSPS) is 10.9. The van der Waals surface area contributed by atoms with Gasteiger partial charge < -0.3 is 5.32 Å². The van der Waals surface area contributed by atoms with Crippen LogP contribution in [-0.4, -0.2) is 26.4 Å². The number of carbonyl (C=O) groups is 1. The van der Waals surface area contributed by atoms with E-state index in [9.17, 15) is 4.79 Å². The average molecular weight is 447 g/mol. The van der Waals surface area contributed by atoms with E-state index in [1.165, 1.54) is 22.2 Å². The fraction of sp³-hybridized carbons (Fsp3) is 0.286. The van der Waals surface area contributed by atoms with Crippen LogP contribution in [0.2, 0.25) is 5.02 Å². The fourth-order valence-corrected chi connectivity index (χ4v) is 4.82. The summed E-state index contributed by atoms with van der Waals surface area (Å²) >= 11 is 8.99. The van der Waals surface area contributed by atoms with E-state index in [4.69, 9.17) is 11.6 Å². The van der Waals surface area contributed by atoms with Gasteiger partial charge in [-0.2, -0.15) is 0 Å². The van der Waals surface area contributed by atoms with Crippen molar-refractivity contribution >= 4 is 40.6 Å². The zero-order chi connectivity index (χ0) is 20.8. The molecule has 0 spiro atoms. The molecule has 0 aliphatic carbocycles. The molecule has 2 heterocycles. The van der Waals surface area contributed by atoms with Gasteiger partial charge in [-0.1, -0.05) is 48.5 Å². The lowest BCUT2D eigenvalue weighted by Gasteiger charge is -2.09. The van der Waals surface area contributed by atoms with E-state index in [1.807, 2.05) is 34.9 Å². The number of halogens is 1. The lowest BCUT2D eigenvalue weighted by Crippen LogP contribution is -2.24. The molecule has 0 aliphatic heterocycles. The molecule has 5 nitrogen and oxygen atoms in total. The second-order valence-corrected chi connectivity index (χ2v) is 8.90. The van der Waals surface area contributed by atoms with Gasteiger partial charge in [0.2, 0.25) is 5.91 Å². The summed E-state index contributed by atoms with van der Waals surface area (Å²) in [5.74, 6) is 1.04. The largest absolute Gasteiger partial charge is 0.351 e. The number of allylic oxidation sites excluding steroid dienone is 1. The molecule has 0 unspecified atom stereocenters. The summed E-state index contributed by atoms with van der Waals surface area (Å²) in [5.41, 5.74) is 3.41. The number of carbonyl (C=O) groups excluding carboxylic acids is 1. The molecule has 0 saturated carbocycles. The monoisotopic (exact) mass is 446 g/mol. The van der Waals surface area contributed by atoms with Crippen LogP contribution in [0.25, 0.3) is 11.4 Å². The molecule has 1 N–H and O–H groups in total. The summed E-state index contributed by atoms with van der Waals surface area (Å²) < 4.78 is 2.02. The Morgan fingerprint density at radius 3 is 2.79 bits per heavy atom. The number of rotatable bonds is 9. The molecule has 29 heavy (non-hydrogen) atoms. The number of hydrogen-bond donors (Lipinski definition) is 1. The smallest absolute Gasteiger partial charge is 0.230 e. The first-order valence-electron chi connectivity index (χ1n) is 9.28. The van der Waals surface area contributed by atoms with E-state index in [-0.39, 0.29) is 11.7 Å². The molecular formula is C21H23ClN4OS2. The molecule has 0 fully saturated rings. The quantitative estimate of drug-likeness (QED) is 0.366. The minimum Gasteiger partial charge on any atom is -0.351 e. The van der Waals surface area contributed by atoms with Crippen LogP contribution >= 0.6 is 34.7 Å². The maximum absolute atomic E-state index is 12.3. The van der Waals surface area contributed by atoms with Gasteiger partial charge in [-0.25, -0.2) is 0 Å². The van der Waals surface area contributed by atoms with Gasteiger partial charge in [0.15, 0.2) is 11.0 Å². The van der Waals surface area contributed by atoms with Crippen molar-refractivity contribution in [2.24, 2.45) is 0 Å². The Morgan fingerprint density at radius 2 is 2.10 bits per heavy atom. The number of thioether (sulfide) groups is 1. The van der Waals surface area contributed by atoms with Crippen LogP contribution in [0.3, 0.4) is 0 Å². The number of nitrogens with zero attached hydrogens (tertiary/aromatic N) is 3. The van der Waals surface area contributed by atoms with Crippen LogP contribution in [0.4, 0.5) is 0 Å². The summed E-state index contributed by atoms with van der Waals surface area (Å²) in [5, 5.41) is 15.2. The minimum absolute atomic E-state index is 0.0553. The molecule has 0 bridgehead atoms. The first-order chi connectivity index (χ1) is 14.0. The topological polar surface area (TPSA) is 59.8 Å². The van der Waals surface area contributed by atoms with Crippen molar-refractivity contribution in [3.8, 4) is 11.4 Å². The molecule has 3 rings (SSSR count). The highest BCUT2D eigenvalue weighted by atomic mass is 35.5. The van der Waals surface area contributed by atoms with Gasteiger partial charge in [0, 0.05) is 33.9 Å². The van der Waals surface area contributed by atoms with Crippen LogP contribution in [0.5, 0.6) is 0 Å². The van der Waals surface area contributed by atoms with Gasteiger partial charge in [0.05, 0.1) is 5.75 Å². The molecule has 8 heteroatoms. The Bertz CT molecular complexity index is 995. The summed E-state index contributed by atoms with van der Waals surface area (Å²) in [6.07, 6.45) is 2.77. The average Bonchev–Trinajstić information content (AvgIpc) is 3.28. The molecule has 3 aromatic rings. The van der Waals surface area contributed by atoms with E-state index >= 15 is 0 Å². The first kappa shape index (κ1) is 21.6. The predicted molar refractivity (Wildman–Crippen MR) is 122 cm³/mol. The molecule has 2 aromatic heterocycles. The highest BCUT2D eigenvalue weighted by Crippen LogP contribution is 2.32. The minimum atomic E-state index is -0.0553. The third-order valence-corrected chi connectivity index (χ3v) is 6.63. The molecule has 0 atom stereocenters. The van der Waals surface area contributed by atoms with Crippen molar-refractivity contribution in [3.05, 3.63) is 63.3 Å². The molecule has 1 amide bonds. The fourth-order valence-electron chi connectivity index (χ4n) is 2.98. The summed E-state index contributed by atoms with van der Waals surface area (Å²) in [4.78, 5) is 13.6. The van der Waals surface area contributed by atoms with Crippen molar-refractivity contribution < 1.29 is 4.79 Å². The molecule has 0 aliphatic rings. The van der Waals surface area contributed by atoms with Gasteiger partial charge in [0.25, 0.3) is 0 Å². The second-order valence-electron chi connectivity index (χ2n) is 6.44. The van der Waals surface area contributed by atoms with E-state index in [1.54, 1.807) is 11.3 Å². The Morgan fingerprint density at radius 1 is 1.34 bits per heavy atom.